The molecule has 0 fully saturated rings. The standard InChI is InChI=1S/C16H29N3/c1-6-16(11-17-10-13(2)3)19(5)12-15-9-7-8-14(4)18-15/h7-9,13,16-17H,6,10-12H2,1-5H3. The molecule has 108 valence electrons. The van der Waals surface area contributed by atoms with E-state index >= 15 is 0 Å². The van der Waals surface area contributed by atoms with Gasteiger partial charge in [-0.1, -0.05) is 26.8 Å². The minimum absolute atomic E-state index is 0.570. The number of aryl methyl sites for hydroxylation is 1. The minimum Gasteiger partial charge on any atom is -0.315 e. The van der Waals surface area contributed by atoms with Gasteiger partial charge in [0.05, 0.1) is 5.69 Å². The second-order valence-electron chi connectivity index (χ2n) is 5.80. The Kier molecular flexibility index (Phi) is 7.03. The van der Waals surface area contributed by atoms with E-state index in [1.54, 1.807) is 0 Å². The van der Waals surface area contributed by atoms with Gasteiger partial charge in [-0.25, -0.2) is 0 Å². The van der Waals surface area contributed by atoms with Crippen LogP contribution in [0.1, 0.15) is 38.6 Å². The summed E-state index contributed by atoms with van der Waals surface area (Å²) < 4.78 is 0. The molecule has 1 rings (SSSR count). The quantitative estimate of drug-likeness (QED) is 0.781. The van der Waals surface area contributed by atoms with Crippen LogP contribution in [0.4, 0.5) is 0 Å². The van der Waals surface area contributed by atoms with Gasteiger partial charge in [-0.3, -0.25) is 9.88 Å². The van der Waals surface area contributed by atoms with Crippen LogP contribution in [-0.4, -0.2) is 36.1 Å². The summed E-state index contributed by atoms with van der Waals surface area (Å²) in [6.45, 7) is 11.9. The molecule has 3 heteroatoms. The normalized spacial score (nSPS) is 13.2. The highest BCUT2D eigenvalue weighted by atomic mass is 15.2. The van der Waals surface area contributed by atoms with Crippen molar-refractivity contribution < 1.29 is 0 Å². The smallest absolute Gasteiger partial charge is 0.0547 e. The van der Waals surface area contributed by atoms with Crippen LogP contribution in [-0.2, 0) is 6.54 Å². The predicted octanol–water partition coefficient (Wildman–Crippen LogP) is 2.85. The van der Waals surface area contributed by atoms with E-state index in [9.17, 15) is 0 Å². The Balaban J connectivity index is 2.46. The summed E-state index contributed by atoms with van der Waals surface area (Å²) in [5.41, 5.74) is 2.25. The fraction of sp³-hybridized carbons (Fsp3) is 0.688. The average Bonchev–Trinajstić information content (AvgIpc) is 2.34. The van der Waals surface area contributed by atoms with Crippen LogP contribution >= 0.6 is 0 Å². The van der Waals surface area contributed by atoms with Crippen molar-refractivity contribution >= 4 is 0 Å². The van der Waals surface area contributed by atoms with E-state index in [0.29, 0.717) is 12.0 Å². The topological polar surface area (TPSA) is 28.2 Å². The molecule has 0 aliphatic rings. The third kappa shape index (κ3) is 6.17. The molecule has 1 atom stereocenters. The lowest BCUT2D eigenvalue weighted by Gasteiger charge is -2.27. The number of hydrogen-bond donors (Lipinski definition) is 1. The number of likely N-dealkylation sites (N-methyl/N-ethyl adjacent to an activating group) is 1. The van der Waals surface area contributed by atoms with Crippen molar-refractivity contribution in [1.82, 2.24) is 15.2 Å². The van der Waals surface area contributed by atoms with Crippen molar-refractivity contribution in [1.29, 1.82) is 0 Å². The monoisotopic (exact) mass is 263 g/mol. The highest BCUT2D eigenvalue weighted by Gasteiger charge is 2.13. The Morgan fingerprint density at radius 3 is 2.58 bits per heavy atom. The van der Waals surface area contributed by atoms with Crippen molar-refractivity contribution in [3.63, 3.8) is 0 Å². The van der Waals surface area contributed by atoms with E-state index in [4.69, 9.17) is 0 Å². The first-order valence-corrected chi connectivity index (χ1v) is 7.36. The summed E-state index contributed by atoms with van der Waals surface area (Å²) in [6, 6.07) is 6.81. The zero-order chi connectivity index (χ0) is 14.3. The van der Waals surface area contributed by atoms with Gasteiger partial charge in [-0.2, -0.15) is 0 Å². The van der Waals surface area contributed by atoms with Gasteiger partial charge in [0.1, 0.15) is 0 Å². The van der Waals surface area contributed by atoms with E-state index < -0.39 is 0 Å². The lowest BCUT2D eigenvalue weighted by molar-refractivity contribution is 0.217. The average molecular weight is 263 g/mol. The Morgan fingerprint density at radius 1 is 1.26 bits per heavy atom. The van der Waals surface area contributed by atoms with Crippen LogP contribution in [0.15, 0.2) is 18.2 Å². The van der Waals surface area contributed by atoms with Crippen molar-refractivity contribution in [2.24, 2.45) is 5.92 Å². The second-order valence-corrected chi connectivity index (χ2v) is 5.80. The summed E-state index contributed by atoms with van der Waals surface area (Å²) >= 11 is 0. The SMILES string of the molecule is CCC(CNCC(C)C)N(C)Cc1cccc(C)n1. The van der Waals surface area contributed by atoms with Crippen LogP contribution in [0.2, 0.25) is 0 Å². The molecule has 0 saturated carbocycles. The minimum atomic E-state index is 0.570. The zero-order valence-electron chi connectivity index (χ0n) is 13.1. The van der Waals surface area contributed by atoms with Gasteiger partial charge in [0.25, 0.3) is 0 Å². The van der Waals surface area contributed by atoms with Crippen molar-refractivity contribution in [2.45, 2.75) is 46.7 Å². The van der Waals surface area contributed by atoms with Gasteiger partial charge in [-0.15, -0.1) is 0 Å². The number of hydrogen-bond acceptors (Lipinski definition) is 3. The molecule has 1 aromatic heterocycles. The number of nitrogens with one attached hydrogen (secondary N) is 1. The first kappa shape index (κ1) is 16.1. The first-order valence-electron chi connectivity index (χ1n) is 7.36. The maximum Gasteiger partial charge on any atom is 0.0547 e. The molecule has 1 unspecified atom stereocenters. The van der Waals surface area contributed by atoms with Crippen molar-refractivity contribution in [3.8, 4) is 0 Å². The highest BCUT2D eigenvalue weighted by Crippen LogP contribution is 2.07. The molecular weight excluding hydrogens is 234 g/mol. The molecule has 3 nitrogen and oxygen atoms in total. The third-order valence-electron chi connectivity index (χ3n) is 3.38. The van der Waals surface area contributed by atoms with Gasteiger partial charge in [0, 0.05) is 24.8 Å². The zero-order valence-corrected chi connectivity index (χ0v) is 13.1. The summed E-state index contributed by atoms with van der Waals surface area (Å²) in [5.74, 6) is 0.709. The molecule has 1 N–H and O–H groups in total. The van der Waals surface area contributed by atoms with Crippen LogP contribution in [0, 0.1) is 12.8 Å². The lowest BCUT2D eigenvalue weighted by atomic mass is 10.1. The van der Waals surface area contributed by atoms with Gasteiger partial charge in [0.15, 0.2) is 0 Å². The van der Waals surface area contributed by atoms with E-state index in [0.717, 1.165) is 37.4 Å². The Labute approximate surface area is 118 Å². The Morgan fingerprint density at radius 2 is 2.00 bits per heavy atom. The molecule has 0 aliphatic heterocycles. The summed E-state index contributed by atoms with van der Waals surface area (Å²) in [6.07, 6.45) is 1.16. The predicted molar refractivity (Wildman–Crippen MR) is 82.2 cm³/mol. The van der Waals surface area contributed by atoms with Crippen molar-refractivity contribution in [3.05, 3.63) is 29.6 Å². The van der Waals surface area contributed by atoms with E-state index in [2.05, 4.69) is 55.2 Å². The molecule has 0 aromatic carbocycles. The lowest BCUT2D eigenvalue weighted by Crippen LogP contribution is -2.40. The number of rotatable bonds is 8. The third-order valence-corrected chi connectivity index (χ3v) is 3.38. The van der Waals surface area contributed by atoms with Crippen LogP contribution in [0.25, 0.3) is 0 Å². The van der Waals surface area contributed by atoms with Gasteiger partial charge >= 0.3 is 0 Å². The number of aromatic nitrogens is 1. The summed E-state index contributed by atoms with van der Waals surface area (Å²) in [7, 11) is 2.19. The fourth-order valence-corrected chi connectivity index (χ4v) is 2.22. The molecular formula is C16H29N3. The molecule has 0 saturated heterocycles. The van der Waals surface area contributed by atoms with Crippen LogP contribution in [0.5, 0.6) is 0 Å². The molecule has 1 aromatic rings. The van der Waals surface area contributed by atoms with Gasteiger partial charge in [0.2, 0.25) is 0 Å². The molecule has 19 heavy (non-hydrogen) atoms. The van der Waals surface area contributed by atoms with E-state index in [1.807, 2.05) is 13.0 Å². The highest BCUT2D eigenvalue weighted by molar-refractivity contribution is 5.09. The van der Waals surface area contributed by atoms with Gasteiger partial charge < -0.3 is 5.32 Å². The van der Waals surface area contributed by atoms with Crippen molar-refractivity contribution in [2.75, 3.05) is 20.1 Å². The first-order chi connectivity index (χ1) is 9.02. The molecule has 0 spiro atoms. The Bertz CT molecular complexity index is 363. The molecule has 0 bridgehead atoms. The maximum atomic E-state index is 4.58. The molecule has 0 radical (unpaired) electrons. The summed E-state index contributed by atoms with van der Waals surface area (Å²) in [5, 5.41) is 3.55. The molecule has 0 aliphatic carbocycles. The van der Waals surface area contributed by atoms with E-state index in [1.165, 1.54) is 0 Å². The largest absolute Gasteiger partial charge is 0.315 e. The number of nitrogens with zero attached hydrogens (tertiary/aromatic N) is 2. The second kappa shape index (κ2) is 8.28. The number of pyridine rings is 1. The van der Waals surface area contributed by atoms with Crippen LogP contribution in [0.3, 0.4) is 0 Å². The molecule has 0 amide bonds. The van der Waals surface area contributed by atoms with Gasteiger partial charge in [-0.05, 0) is 45.0 Å². The summed E-state index contributed by atoms with van der Waals surface area (Å²) in [4.78, 5) is 6.97. The van der Waals surface area contributed by atoms with Crippen LogP contribution < -0.4 is 5.32 Å². The fourth-order valence-electron chi connectivity index (χ4n) is 2.22. The van der Waals surface area contributed by atoms with E-state index in [-0.39, 0.29) is 0 Å². The Hall–Kier alpha value is -0.930. The maximum absolute atomic E-state index is 4.58. The molecule has 1 heterocycles.